The van der Waals surface area contributed by atoms with Gasteiger partial charge in [-0.1, -0.05) is 0 Å². The van der Waals surface area contributed by atoms with Crippen molar-refractivity contribution in [3.63, 3.8) is 0 Å². The second-order valence-electron chi connectivity index (χ2n) is 6.39. The molecule has 5 heteroatoms. The maximum Gasteiger partial charge on any atom is 0.339 e. The van der Waals surface area contributed by atoms with E-state index >= 15 is 0 Å². The Hall–Kier alpha value is -1.85. The van der Waals surface area contributed by atoms with Crippen molar-refractivity contribution in [3.8, 4) is 5.75 Å². The molecule has 5 nitrogen and oxygen atoms in total. The zero-order valence-electron chi connectivity index (χ0n) is 13.6. The van der Waals surface area contributed by atoms with E-state index in [2.05, 4.69) is 11.0 Å². The number of benzene rings is 1. The number of nitrogens with zero attached hydrogens (tertiary/aromatic N) is 1. The van der Waals surface area contributed by atoms with Crippen LogP contribution in [0.1, 0.15) is 28.7 Å². The summed E-state index contributed by atoms with van der Waals surface area (Å²) in [5.41, 5.74) is 4.67. The van der Waals surface area contributed by atoms with Crippen LogP contribution in [0.2, 0.25) is 0 Å². The Bertz CT molecular complexity index is 824. The first-order chi connectivity index (χ1) is 11.2. The van der Waals surface area contributed by atoms with Gasteiger partial charge >= 0.3 is 5.63 Å². The molecule has 2 aromatic rings. The van der Waals surface area contributed by atoms with E-state index < -0.39 is 0 Å². The third kappa shape index (κ3) is 2.35. The summed E-state index contributed by atoms with van der Waals surface area (Å²) in [5, 5.41) is 1.09. The van der Waals surface area contributed by atoms with Gasteiger partial charge < -0.3 is 13.9 Å². The largest absolute Gasteiger partial charge is 0.477 e. The molecule has 0 amide bonds. The number of hydrogen-bond acceptors (Lipinski definition) is 5. The minimum atomic E-state index is -0.175. The molecule has 2 aliphatic rings. The summed E-state index contributed by atoms with van der Waals surface area (Å²) in [7, 11) is 1.71. The Morgan fingerprint density at radius 3 is 2.96 bits per heavy atom. The van der Waals surface area contributed by atoms with Gasteiger partial charge in [0.2, 0.25) is 0 Å². The first-order valence-corrected chi connectivity index (χ1v) is 8.14. The van der Waals surface area contributed by atoms with Crippen LogP contribution >= 0.6 is 0 Å². The molecule has 0 fully saturated rings. The summed E-state index contributed by atoms with van der Waals surface area (Å²) < 4.78 is 16.7. The molecule has 0 saturated carbocycles. The molecular weight excluding hydrogens is 294 g/mol. The lowest BCUT2D eigenvalue weighted by molar-refractivity contribution is 0.0652. The van der Waals surface area contributed by atoms with Gasteiger partial charge in [-0.3, -0.25) is 4.90 Å². The number of hydrogen-bond donors (Lipinski definition) is 0. The Morgan fingerprint density at radius 2 is 2.13 bits per heavy atom. The molecule has 1 aromatic carbocycles. The van der Waals surface area contributed by atoms with Crippen molar-refractivity contribution >= 4 is 11.0 Å². The van der Waals surface area contributed by atoms with Crippen LogP contribution in [0.15, 0.2) is 15.3 Å². The average Bonchev–Trinajstić information content (AvgIpc) is 3.05. The fraction of sp³-hybridized carbons (Fsp3) is 0.500. The molecule has 0 spiro atoms. The summed E-state index contributed by atoms with van der Waals surface area (Å²) in [6.45, 7) is 4.89. The Labute approximate surface area is 134 Å². The zero-order chi connectivity index (χ0) is 16.0. The lowest BCUT2D eigenvalue weighted by atomic mass is 9.99. The molecule has 2 heterocycles. The van der Waals surface area contributed by atoms with Crippen LogP contribution in [0.3, 0.4) is 0 Å². The second-order valence-corrected chi connectivity index (χ2v) is 6.39. The van der Waals surface area contributed by atoms with Gasteiger partial charge in [-0.05, 0) is 37.8 Å². The third-order valence-corrected chi connectivity index (χ3v) is 4.92. The van der Waals surface area contributed by atoms with Gasteiger partial charge in [-0.25, -0.2) is 4.79 Å². The molecule has 1 aromatic heterocycles. The van der Waals surface area contributed by atoms with Crippen LogP contribution in [0, 0.1) is 6.92 Å². The molecular formula is C18H21NO4. The normalized spacial score (nSPS) is 17.1. The van der Waals surface area contributed by atoms with Crippen molar-refractivity contribution < 1.29 is 13.9 Å². The average molecular weight is 315 g/mol. The van der Waals surface area contributed by atoms with E-state index in [4.69, 9.17) is 13.9 Å². The highest BCUT2D eigenvalue weighted by Gasteiger charge is 2.26. The smallest absolute Gasteiger partial charge is 0.339 e. The monoisotopic (exact) mass is 315 g/mol. The van der Waals surface area contributed by atoms with Gasteiger partial charge in [-0.15, -0.1) is 0 Å². The van der Waals surface area contributed by atoms with Crippen LogP contribution < -0.4 is 10.4 Å². The number of aryl methyl sites for hydroxylation is 2. The summed E-state index contributed by atoms with van der Waals surface area (Å²) in [5.74, 6) is 0.868. The van der Waals surface area contributed by atoms with Gasteiger partial charge in [0.25, 0.3) is 0 Å². The third-order valence-electron chi connectivity index (χ3n) is 4.92. The topological polar surface area (TPSA) is 51.9 Å². The zero-order valence-corrected chi connectivity index (χ0v) is 13.6. The van der Waals surface area contributed by atoms with Crippen LogP contribution in [-0.4, -0.2) is 31.9 Å². The molecule has 1 aliphatic heterocycles. The molecule has 0 radical (unpaired) electrons. The molecule has 0 unspecified atom stereocenters. The lowest BCUT2D eigenvalue weighted by Crippen LogP contribution is -2.34. The van der Waals surface area contributed by atoms with Crippen LogP contribution in [-0.2, 0) is 24.1 Å². The van der Waals surface area contributed by atoms with Crippen molar-refractivity contribution in [3.05, 3.63) is 38.7 Å². The van der Waals surface area contributed by atoms with E-state index in [-0.39, 0.29) is 5.63 Å². The van der Waals surface area contributed by atoms with Gasteiger partial charge in [-0.2, -0.15) is 0 Å². The maximum atomic E-state index is 12.2. The van der Waals surface area contributed by atoms with Crippen molar-refractivity contribution in [1.82, 2.24) is 4.90 Å². The molecule has 0 atom stereocenters. The minimum absolute atomic E-state index is 0.175. The van der Waals surface area contributed by atoms with E-state index in [1.165, 1.54) is 11.1 Å². The molecule has 0 saturated heterocycles. The summed E-state index contributed by atoms with van der Waals surface area (Å²) in [6.07, 6.45) is 2.83. The van der Waals surface area contributed by atoms with E-state index in [9.17, 15) is 4.79 Å². The summed E-state index contributed by atoms with van der Waals surface area (Å²) in [4.78, 5) is 14.4. The van der Waals surface area contributed by atoms with Crippen molar-refractivity contribution in [1.29, 1.82) is 0 Å². The summed E-state index contributed by atoms with van der Waals surface area (Å²) >= 11 is 0. The molecule has 1 aliphatic carbocycles. The quantitative estimate of drug-likeness (QED) is 0.814. The Balaban J connectivity index is 1.84. The number of methoxy groups -OCH3 is 1. The van der Waals surface area contributed by atoms with Gasteiger partial charge in [0.05, 0.1) is 6.61 Å². The molecule has 0 bridgehead atoms. The van der Waals surface area contributed by atoms with E-state index in [0.717, 1.165) is 54.6 Å². The fourth-order valence-electron chi connectivity index (χ4n) is 3.75. The highest BCUT2D eigenvalue weighted by molar-refractivity contribution is 5.87. The lowest BCUT2D eigenvalue weighted by Gasteiger charge is -2.30. The van der Waals surface area contributed by atoms with Crippen LogP contribution in [0.25, 0.3) is 11.0 Å². The van der Waals surface area contributed by atoms with Crippen LogP contribution in [0.4, 0.5) is 0 Å². The molecule has 4 rings (SSSR count). The Kier molecular flexibility index (Phi) is 3.62. The fourth-order valence-corrected chi connectivity index (χ4v) is 3.75. The van der Waals surface area contributed by atoms with Crippen molar-refractivity contribution in [2.24, 2.45) is 0 Å². The number of ether oxygens (including phenoxy) is 2. The molecule has 0 N–H and O–H groups in total. The van der Waals surface area contributed by atoms with Crippen molar-refractivity contribution in [2.75, 3.05) is 27.0 Å². The highest BCUT2D eigenvalue weighted by Crippen LogP contribution is 2.37. The maximum absolute atomic E-state index is 12.2. The molecule has 122 valence electrons. The standard InChI is InChI=1S/C18H21NO4/c1-11-16-12(9-19(10-22-16)6-7-21-2)8-15-13-4-3-5-14(13)18(20)23-17(11)15/h8H,3-7,9-10H2,1-2H3. The van der Waals surface area contributed by atoms with E-state index in [0.29, 0.717) is 18.9 Å². The first-order valence-electron chi connectivity index (χ1n) is 8.14. The van der Waals surface area contributed by atoms with E-state index in [1.807, 2.05) is 6.92 Å². The Morgan fingerprint density at radius 1 is 1.30 bits per heavy atom. The first kappa shape index (κ1) is 14.7. The number of rotatable bonds is 3. The van der Waals surface area contributed by atoms with Gasteiger partial charge in [0.1, 0.15) is 18.1 Å². The predicted molar refractivity (Wildman–Crippen MR) is 87.0 cm³/mol. The van der Waals surface area contributed by atoms with Crippen LogP contribution in [0.5, 0.6) is 5.75 Å². The minimum Gasteiger partial charge on any atom is -0.477 e. The van der Waals surface area contributed by atoms with Gasteiger partial charge in [0, 0.05) is 42.3 Å². The van der Waals surface area contributed by atoms with Crippen molar-refractivity contribution in [2.45, 2.75) is 32.7 Å². The molecule has 23 heavy (non-hydrogen) atoms. The SMILES string of the molecule is COCCN1COc2c(cc3c4c(c(=O)oc3c2C)CCC4)C1. The highest BCUT2D eigenvalue weighted by atomic mass is 16.5. The summed E-state index contributed by atoms with van der Waals surface area (Å²) in [6, 6.07) is 2.16. The predicted octanol–water partition coefficient (Wildman–Crippen LogP) is 2.39. The van der Waals surface area contributed by atoms with E-state index in [1.54, 1.807) is 7.11 Å². The van der Waals surface area contributed by atoms with Gasteiger partial charge in [0.15, 0.2) is 0 Å². The number of fused-ring (bicyclic) bond motifs is 4. The second kappa shape index (κ2) is 5.65.